The molecule has 0 bridgehead atoms. The van der Waals surface area contributed by atoms with Crippen LogP contribution in [-0.2, 0) is 50.1 Å². The highest BCUT2D eigenvalue weighted by atomic mass is 79.9. The number of hydrogen-bond acceptors (Lipinski definition) is 24. The average Bonchev–Trinajstić information content (AvgIpc) is 1.53. The van der Waals surface area contributed by atoms with Gasteiger partial charge in [0.25, 0.3) is 18.2 Å². The number of anilines is 4. The number of nitrogens with one attached hydrogen (secondary N) is 9. The molecular weight excluding hydrogens is 1520 g/mol. The van der Waals surface area contributed by atoms with E-state index in [9.17, 15) is 28.8 Å². The van der Waals surface area contributed by atoms with Gasteiger partial charge in [0.2, 0.25) is 29.4 Å². The third-order valence-corrected chi connectivity index (χ3v) is 16.7. The number of nitrogen functional groups attached to an aromatic ring is 2. The van der Waals surface area contributed by atoms with Crippen LogP contribution in [0.3, 0.4) is 0 Å². The lowest BCUT2D eigenvalue weighted by Gasteiger charge is -2.20. The van der Waals surface area contributed by atoms with Crippen molar-refractivity contribution in [3.8, 4) is 56.8 Å². The molecule has 596 valence electrons. The Morgan fingerprint density at radius 1 is 0.566 bits per heavy atom. The molecule has 4 fully saturated rings. The minimum Gasteiger partial charge on any atom is -0.496 e. The number of carbonyl (C=O) groups is 6. The Labute approximate surface area is 662 Å². The van der Waals surface area contributed by atoms with Crippen LogP contribution in [0.1, 0.15) is 113 Å². The molecule has 16 N–H and O–H groups in total. The third kappa shape index (κ3) is 28.3. The second-order valence-corrected chi connectivity index (χ2v) is 27.0. The predicted molar refractivity (Wildman–Crippen MR) is 424 cm³/mol. The second kappa shape index (κ2) is 43.8. The molecular formula is C77H93BrN22O13. The fraction of sp³-hybridized carbons (Fsp3) is 0.351. The molecule has 0 spiro atoms. The number of aliphatic hydroxyl groups excluding tert-OH is 1. The Balaban J connectivity index is 0.000000257. The lowest BCUT2D eigenvalue weighted by Crippen LogP contribution is -2.28. The minimum atomic E-state index is -0.664. The van der Waals surface area contributed by atoms with Crippen LogP contribution in [0.5, 0.6) is 23.0 Å². The predicted octanol–water partition coefficient (Wildman–Crippen LogP) is 11.5. The van der Waals surface area contributed by atoms with E-state index < -0.39 is 11.7 Å². The molecule has 4 aromatic carbocycles. The number of Topliss-reactive ketones (excluding diaryl/α,β-unsaturated/α-hetero) is 1. The maximum absolute atomic E-state index is 12.5. The Morgan fingerprint density at radius 3 is 1.35 bits per heavy atom. The molecule has 5 heterocycles. The number of hydrogen-bond donors (Lipinski definition) is 12. The summed E-state index contributed by atoms with van der Waals surface area (Å²) in [6, 6.07) is 27.4. The van der Waals surface area contributed by atoms with Crippen molar-refractivity contribution < 1.29 is 64.5 Å². The van der Waals surface area contributed by atoms with Gasteiger partial charge in [-0.1, -0.05) is 37.4 Å². The zero-order valence-electron chi connectivity index (χ0n) is 63.6. The largest absolute Gasteiger partial charge is 0.496 e. The number of aliphatic hydroxyl groups is 1. The summed E-state index contributed by atoms with van der Waals surface area (Å²) in [5.41, 5.74) is 29.3. The molecule has 4 aliphatic rings. The number of halogens is 1. The van der Waals surface area contributed by atoms with Crippen LogP contribution < -0.4 is 57.0 Å². The zero-order valence-corrected chi connectivity index (χ0v) is 65.2. The molecule has 9 aromatic rings. The van der Waals surface area contributed by atoms with E-state index in [1.807, 2.05) is 60.7 Å². The SMILES string of the molecule is CCO.COc1cc(CNC(=O)C2CC2)ccc1-c1cc(N)n[nH]1.COc1cc(CNC(=O)C2CC2)ccc1-c1cc(N)nn1C(=O)OC(C)(C)C.N=N.O.[C-]#[N+]CC(=O)c1ccc(CNC(=O)C2CC2)cc1OC.[C-]#[N+]c1cnc(Br)cn1.[C-]#[N+]c1cnc(Nc2cc(-c3ccc(CNC(=O)C4CC4)cc3OC)[nH]n2)cn1.[HH]. The van der Waals surface area contributed by atoms with Gasteiger partial charge in [-0.05, 0) is 166 Å². The standard InChI is InChI=1S/C20H19N7O2.C20H26N4O4.C15H18N4O2.C15H16N2O3.C5H2BrN3.C2H6O.H2N2.H2O.H2/c1-21-18-10-23-19(11-22-18)25-17-8-15(26-27-17)14-6-3-12(7-16(14)29-2)9-24-20(28)13-4-5-13;1-20(2,3)28-19(26)24-15(10-17(21)23-24)14-8-5-12(9-16(14)27-4)11-22-18(25)13-6-7-13;1-21-13-6-9(8-17-15(20)10-3-4-10)2-5-11(13)12-7-14(16)19-18-12;1-16-9-13(18)12-6-3-10(7-14(12)20-2)8-17-15(19)11-4-5-11;1-7-5-3-8-4(6)2-9-5;1-2-3;1-2;;/h3,6-8,10-11,13H,4-5,9H2,2H3,(H,24,28)(H2,23,25,26,27);5,8-10,13H,6-7,11H2,1-4H3,(H2,21,23)(H,22,25);2,5-7,10H,3-4,8H2,1H3,(H,17,20)(H3,16,18,19);3,6-7,11H,4-5,8-9H2,2H3,(H,17,19);2-3H;3H,2H2,1H3;1-2H;1H2;1H. The van der Waals surface area contributed by atoms with Crippen molar-refractivity contribution in [2.24, 2.45) is 23.7 Å². The number of nitrogens with zero attached hydrogens (tertiary/aromatic N) is 11. The van der Waals surface area contributed by atoms with Crippen molar-refractivity contribution in [1.82, 2.24) is 71.4 Å². The monoisotopic (exact) mass is 1610 g/mol. The summed E-state index contributed by atoms with van der Waals surface area (Å²) in [7, 11) is 6.25. The van der Waals surface area contributed by atoms with Crippen molar-refractivity contribution in [3.05, 3.63) is 182 Å². The summed E-state index contributed by atoms with van der Waals surface area (Å²) in [5, 5.41) is 40.3. The van der Waals surface area contributed by atoms with E-state index in [1.165, 1.54) is 31.9 Å². The average molecular weight is 1610 g/mol. The van der Waals surface area contributed by atoms with Crippen LogP contribution in [0.25, 0.3) is 48.3 Å². The molecule has 4 amide bonds. The first-order valence-corrected chi connectivity index (χ1v) is 36.0. The van der Waals surface area contributed by atoms with Crippen molar-refractivity contribution in [2.75, 3.05) is 58.4 Å². The van der Waals surface area contributed by atoms with Gasteiger partial charge in [0.15, 0.2) is 24.0 Å². The number of nitrogens with two attached hydrogens (primary N) is 2. The number of aromatic nitrogens is 10. The van der Waals surface area contributed by atoms with Gasteiger partial charge in [-0.25, -0.2) is 27.4 Å². The van der Waals surface area contributed by atoms with Crippen molar-refractivity contribution in [1.29, 1.82) is 11.1 Å². The molecule has 113 heavy (non-hydrogen) atoms. The van der Waals surface area contributed by atoms with E-state index in [4.69, 9.17) is 71.0 Å². The maximum Gasteiger partial charge on any atom is 0.435 e. The van der Waals surface area contributed by atoms with Gasteiger partial charge >= 0.3 is 6.09 Å². The Kier molecular flexibility index (Phi) is 34.4. The summed E-state index contributed by atoms with van der Waals surface area (Å²) in [6.45, 7) is 29.1. The van der Waals surface area contributed by atoms with Crippen molar-refractivity contribution in [2.45, 2.75) is 111 Å². The summed E-state index contributed by atoms with van der Waals surface area (Å²) < 4.78 is 28.8. The maximum atomic E-state index is 12.5. The van der Waals surface area contributed by atoms with Gasteiger partial charge < -0.3 is 86.9 Å². The van der Waals surface area contributed by atoms with E-state index in [0.717, 1.165) is 107 Å². The zero-order chi connectivity index (χ0) is 81.4. The molecule has 0 saturated heterocycles. The molecule has 4 aliphatic carbocycles. The number of ether oxygens (including phenoxy) is 5. The van der Waals surface area contributed by atoms with Gasteiger partial charge in [0.05, 0.1) is 63.5 Å². The number of ketones is 1. The van der Waals surface area contributed by atoms with Crippen LogP contribution >= 0.6 is 15.9 Å². The van der Waals surface area contributed by atoms with Gasteiger partial charge in [-0.2, -0.15) is 14.9 Å². The first kappa shape index (κ1) is 88.7. The lowest BCUT2D eigenvalue weighted by molar-refractivity contribution is -0.123. The molecule has 0 atom stereocenters. The summed E-state index contributed by atoms with van der Waals surface area (Å²) in [6.07, 6.45) is 13.0. The van der Waals surface area contributed by atoms with Crippen LogP contribution in [-0.4, -0.2) is 143 Å². The molecule has 4 saturated carbocycles. The van der Waals surface area contributed by atoms with E-state index >= 15 is 0 Å². The summed E-state index contributed by atoms with van der Waals surface area (Å²) in [5.74, 6) is 5.53. The Hall–Kier alpha value is -13.2. The number of rotatable bonds is 23. The fourth-order valence-electron chi connectivity index (χ4n) is 10.1. The van der Waals surface area contributed by atoms with Gasteiger partial charge in [-0.3, -0.25) is 39.2 Å². The van der Waals surface area contributed by atoms with E-state index in [-0.39, 0.29) is 84.8 Å². The number of amides is 4. The molecule has 0 radical (unpaired) electrons. The third-order valence-electron chi connectivity index (χ3n) is 16.3. The molecule has 36 heteroatoms. The van der Waals surface area contributed by atoms with Crippen molar-refractivity contribution >= 4 is 86.3 Å². The van der Waals surface area contributed by atoms with Crippen LogP contribution in [0.15, 0.2) is 120 Å². The fourth-order valence-corrected chi connectivity index (χ4v) is 10.3. The molecule has 13 rings (SSSR count). The van der Waals surface area contributed by atoms with Gasteiger partial charge in [0.1, 0.15) is 44.8 Å². The highest BCUT2D eigenvalue weighted by Crippen LogP contribution is 2.37. The summed E-state index contributed by atoms with van der Waals surface area (Å²) in [4.78, 5) is 96.1. The number of methoxy groups -OCH3 is 4. The second-order valence-electron chi connectivity index (χ2n) is 26.2. The Morgan fingerprint density at radius 2 is 0.973 bits per heavy atom. The highest BCUT2D eigenvalue weighted by molar-refractivity contribution is 9.10. The quantitative estimate of drug-likeness (QED) is 0.0161. The first-order chi connectivity index (χ1) is 53.9. The number of aromatic amines is 2. The number of carbonyl (C=O) groups excluding carboxylic acids is 6. The smallest absolute Gasteiger partial charge is 0.435 e. The minimum absolute atomic E-state index is 0. The van der Waals surface area contributed by atoms with Crippen LogP contribution in [0.4, 0.5) is 39.7 Å². The van der Waals surface area contributed by atoms with Gasteiger partial charge in [-0.15, -0.1) is 15.1 Å². The van der Waals surface area contributed by atoms with Gasteiger partial charge in [0, 0.05) is 92.8 Å². The van der Waals surface area contributed by atoms with Crippen LogP contribution in [0, 0.1) is 54.5 Å². The normalized spacial score (nSPS) is 12.6. The van der Waals surface area contributed by atoms with E-state index in [2.05, 4.69) is 102 Å². The molecule has 5 aromatic heterocycles. The van der Waals surface area contributed by atoms with E-state index in [1.54, 1.807) is 79.4 Å². The molecule has 0 unspecified atom stereocenters. The topological polar surface area (TPSA) is 500 Å². The molecule has 35 nitrogen and oxygen atoms in total. The van der Waals surface area contributed by atoms with Crippen molar-refractivity contribution in [3.63, 3.8) is 0 Å². The first-order valence-electron chi connectivity index (χ1n) is 35.2. The number of H-pyrrole nitrogens is 2. The molecule has 0 aliphatic heterocycles. The summed E-state index contributed by atoms with van der Waals surface area (Å²) >= 11 is 3.10. The van der Waals surface area contributed by atoms with Crippen LogP contribution in [0.2, 0.25) is 0 Å². The Bertz CT molecular complexity index is 4820. The lowest BCUT2D eigenvalue weighted by atomic mass is 10.1. The highest BCUT2D eigenvalue weighted by Gasteiger charge is 2.32. The van der Waals surface area contributed by atoms with E-state index in [0.29, 0.717) is 88.1 Å². The number of benzene rings is 4.